The zero-order valence-electron chi connectivity index (χ0n) is 13.6. The monoisotopic (exact) mass is 319 g/mol. The first-order valence-corrected chi connectivity index (χ1v) is 8.08. The molecular formula is C17H25N3O3. The standard InChI is InChI=1S/C17H25N3O3/c1-2-20-9-3-4-14(11-20)19-17(22)12-23-15-7-5-13(6-8-15)10-16(18)21/h5-8,14H,2-4,9-12H2,1H3,(H2,18,21)(H,19,22)/t14-/m1/s1. The first-order valence-electron chi connectivity index (χ1n) is 8.08. The van der Waals surface area contributed by atoms with Crippen molar-refractivity contribution in [2.75, 3.05) is 26.2 Å². The van der Waals surface area contributed by atoms with Gasteiger partial charge in [-0.3, -0.25) is 9.59 Å². The average molecular weight is 319 g/mol. The van der Waals surface area contributed by atoms with E-state index in [0.717, 1.165) is 38.0 Å². The average Bonchev–Trinajstić information content (AvgIpc) is 2.54. The Morgan fingerprint density at radius 1 is 1.35 bits per heavy atom. The van der Waals surface area contributed by atoms with Crippen LogP contribution in [0.1, 0.15) is 25.3 Å². The number of carbonyl (C=O) groups excluding carboxylic acids is 2. The molecule has 1 aliphatic heterocycles. The van der Waals surface area contributed by atoms with Crippen LogP contribution in [0.5, 0.6) is 5.75 Å². The minimum absolute atomic E-state index is 0.00219. The minimum atomic E-state index is -0.369. The molecule has 1 fully saturated rings. The maximum atomic E-state index is 12.0. The third-order valence-electron chi connectivity index (χ3n) is 3.99. The molecule has 23 heavy (non-hydrogen) atoms. The van der Waals surface area contributed by atoms with Gasteiger partial charge in [0.05, 0.1) is 6.42 Å². The van der Waals surface area contributed by atoms with Crippen molar-refractivity contribution in [3.05, 3.63) is 29.8 Å². The molecule has 0 aromatic heterocycles. The number of likely N-dealkylation sites (N-methyl/N-ethyl adjacent to an activating group) is 1. The van der Waals surface area contributed by atoms with Crippen LogP contribution in [0, 0.1) is 0 Å². The molecule has 0 radical (unpaired) electrons. The molecule has 2 amide bonds. The quantitative estimate of drug-likeness (QED) is 0.774. The molecule has 2 rings (SSSR count). The lowest BCUT2D eigenvalue weighted by atomic mass is 10.1. The van der Waals surface area contributed by atoms with Crippen LogP contribution in [0.3, 0.4) is 0 Å². The van der Waals surface area contributed by atoms with Crippen LogP contribution < -0.4 is 15.8 Å². The number of hydrogen-bond donors (Lipinski definition) is 2. The van der Waals surface area contributed by atoms with Gasteiger partial charge in [0.15, 0.2) is 6.61 Å². The summed E-state index contributed by atoms with van der Waals surface area (Å²) < 4.78 is 5.48. The molecule has 6 nitrogen and oxygen atoms in total. The number of nitrogens with two attached hydrogens (primary N) is 1. The number of nitrogens with zero attached hydrogens (tertiary/aromatic N) is 1. The fraction of sp³-hybridized carbons (Fsp3) is 0.529. The van der Waals surface area contributed by atoms with Crippen LogP contribution in [-0.2, 0) is 16.0 Å². The van der Waals surface area contributed by atoms with Gasteiger partial charge in [0.2, 0.25) is 5.91 Å². The van der Waals surface area contributed by atoms with E-state index in [-0.39, 0.29) is 30.9 Å². The Hall–Kier alpha value is -2.08. The normalized spacial score (nSPS) is 18.4. The second kappa shape index (κ2) is 8.53. The third kappa shape index (κ3) is 5.90. The SMILES string of the molecule is CCN1CCC[C@@H](NC(=O)COc2ccc(CC(N)=O)cc2)C1. The van der Waals surface area contributed by atoms with Crippen molar-refractivity contribution in [2.45, 2.75) is 32.2 Å². The van der Waals surface area contributed by atoms with Crippen molar-refractivity contribution in [1.82, 2.24) is 10.2 Å². The number of primary amides is 1. The Bertz CT molecular complexity index is 530. The molecular weight excluding hydrogens is 294 g/mol. The third-order valence-corrected chi connectivity index (χ3v) is 3.99. The van der Waals surface area contributed by atoms with Gasteiger partial charge in [0.1, 0.15) is 5.75 Å². The van der Waals surface area contributed by atoms with E-state index >= 15 is 0 Å². The fourth-order valence-corrected chi connectivity index (χ4v) is 2.78. The maximum absolute atomic E-state index is 12.0. The van der Waals surface area contributed by atoms with Gasteiger partial charge in [0.25, 0.3) is 5.91 Å². The molecule has 0 spiro atoms. The van der Waals surface area contributed by atoms with Crippen molar-refractivity contribution < 1.29 is 14.3 Å². The second-order valence-corrected chi connectivity index (χ2v) is 5.88. The summed E-state index contributed by atoms with van der Waals surface area (Å²) in [5.74, 6) is 0.132. The lowest BCUT2D eigenvalue weighted by molar-refractivity contribution is -0.124. The first-order chi connectivity index (χ1) is 11.1. The highest BCUT2D eigenvalue weighted by molar-refractivity contribution is 5.78. The molecule has 3 N–H and O–H groups in total. The molecule has 0 unspecified atom stereocenters. The van der Waals surface area contributed by atoms with Gasteiger partial charge in [0, 0.05) is 12.6 Å². The lowest BCUT2D eigenvalue weighted by Crippen LogP contribution is -2.48. The Morgan fingerprint density at radius 3 is 2.74 bits per heavy atom. The number of piperidine rings is 1. The molecule has 1 atom stereocenters. The van der Waals surface area contributed by atoms with Gasteiger partial charge in [-0.25, -0.2) is 0 Å². The number of benzene rings is 1. The molecule has 0 aliphatic carbocycles. The number of nitrogens with one attached hydrogen (secondary N) is 1. The first kappa shape index (κ1) is 17.3. The Morgan fingerprint density at radius 2 is 2.09 bits per heavy atom. The molecule has 1 aliphatic rings. The number of likely N-dealkylation sites (tertiary alicyclic amines) is 1. The Labute approximate surface area is 137 Å². The lowest BCUT2D eigenvalue weighted by Gasteiger charge is -2.32. The number of carbonyl (C=O) groups is 2. The van der Waals surface area contributed by atoms with E-state index in [1.165, 1.54) is 0 Å². The van der Waals surface area contributed by atoms with E-state index in [9.17, 15) is 9.59 Å². The van der Waals surface area contributed by atoms with E-state index in [1.807, 2.05) is 0 Å². The number of ether oxygens (including phenoxy) is 1. The highest BCUT2D eigenvalue weighted by atomic mass is 16.5. The summed E-state index contributed by atoms with van der Waals surface area (Å²) in [5, 5.41) is 3.02. The second-order valence-electron chi connectivity index (χ2n) is 5.88. The summed E-state index contributed by atoms with van der Waals surface area (Å²) in [4.78, 5) is 25.2. The number of rotatable bonds is 7. The van der Waals surface area contributed by atoms with Gasteiger partial charge in [-0.2, -0.15) is 0 Å². The fourth-order valence-electron chi connectivity index (χ4n) is 2.78. The zero-order chi connectivity index (χ0) is 16.7. The van der Waals surface area contributed by atoms with Crippen LogP contribution >= 0.6 is 0 Å². The van der Waals surface area contributed by atoms with Crippen molar-refractivity contribution in [3.8, 4) is 5.75 Å². The van der Waals surface area contributed by atoms with E-state index < -0.39 is 0 Å². The van der Waals surface area contributed by atoms with Crippen LogP contribution in [0.2, 0.25) is 0 Å². The van der Waals surface area contributed by atoms with Crippen molar-refractivity contribution in [1.29, 1.82) is 0 Å². The topological polar surface area (TPSA) is 84.7 Å². The number of hydrogen-bond acceptors (Lipinski definition) is 4. The van der Waals surface area contributed by atoms with Crippen molar-refractivity contribution in [2.24, 2.45) is 5.73 Å². The minimum Gasteiger partial charge on any atom is -0.484 e. The van der Waals surface area contributed by atoms with E-state index in [0.29, 0.717) is 5.75 Å². The van der Waals surface area contributed by atoms with Crippen molar-refractivity contribution in [3.63, 3.8) is 0 Å². The highest BCUT2D eigenvalue weighted by Gasteiger charge is 2.20. The maximum Gasteiger partial charge on any atom is 0.258 e. The molecule has 1 saturated heterocycles. The largest absolute Gasteiger partial charge is 0.484 e. The predicted molar refractivity (Wildman–Crippen MR) is 88.1 cm³/mol. The summed E-state index contributed by atoms with van der Waals surface area (Å²) in [5.41, 5.74) is 5.97. The van der Waals surface area contributed by atoms with E-state index in [4.69, 9.17) is 10.5 Å². The van der Waals surface area contributed by atoms with E-state index in [2.05, 4.69) is 17.1 Å². The molecule has 126 valence electrons. The zero-order valence-corrected chi connectivity index (χ0v) is 13.6. The molecule has 1 aromatic carbocycles. The van der Waals surface area contributed by atoms with Gasteiger partial charge in [-0.05, 0) is 43.6 Å². The summed E-state index contributed by atoms with van der Waals surface area (Å²) >= 11 is 0. The molecule has 1 aromatic rings. The van der Waals surface area contributed by atoms with Gasteiger partial charge in [-0.15, -0.1) is 0 Å². The summed E-state index contributed by atoms with van der Waals surface area (Å²) in [7, 11) is 0. The Kier molecular flexibility index (Phi) is 6.40. The number of amides is 2. The summed E-state index contributed by atoms with van der Waals surface area (Å²) in [6, 6.07) is 7.24. The van der Waals surface area contributed by atoms with Crippen LogP contribution in [0.25, 0.3) is 0 Å². The van der Waals surface area contributed by atoms with Gasteiger partial charge in [-0.1, -0.05) is 19.1 Å². The van der Waals surface area contributed by atoms with Crippen LogP contribution in [-0.4, -0.2) is 49.0 Å². The molecule has 6 heteroatoms. The van der Waals surface area contributed by atoms with Gasteiger partial charge >= 0.3 is 0 Å². The van der Waals surface area contributed by atoms with Gasteiger partial charge < -0.3 is 20.7 Å². The van der Waals surface area contributed by atoms with Crippen LogP contribution in [0.4, 0.5) is 0 Å². The highest BCUT2D eigenvalue weighted by Crippen LogP contribution is 2.13. The predicted octanol–water partition coefficient (Wildman–Crippen LogP) is 0.694. The Balaban J connectivity index is 1.74. The molecule has 0 saturated carbocycles. The van der Waals surface area contributed by atoms with E-state index in [1.54, 1.807) is 24.3 Å². The molecule has 0 bridgehead atoms. The van der Waals surface area contributed by atoms with Crippen LogP contribution in [0.15, 0.2) is 24.3 Å². The molecule has 1 heterocycles. The summed E-state index contributed by atoms with van der Waals surface area (Å²) in [6.45, 7) is 5.16. The smallest absolute Gasteiger partial charge is 0.258 e. The van der Waals surface area contributed by atoms with Crippen molar-refractivity contribution >= 4 is 11.8 Å². The summed E-state index contributed by atoms with van der Waals surface area (Å²) in [6.07, 6.45) is 2.33.